The molecule has 1 aromatic heterocycles. The lowest BCUT2D eigenvalue weighted by Gasteiger charge is -2.39. The lowest BCUT2D eigenvalue weighted by Crippen LogP contribution is -2.48. The summed E-state index contributed by atoms with van der Waals surface area (Å²) in [7, 11) is 1.85. The highest BCUT2D eigenvalue weighted by atomic mass is 15.3. The normalized spacial score (nSPS) is 25.3. The molecule has 18 heavy (non-hydrogen) atoms. The van der Waals surface area contributed by atoms with Gasteiger partial charge in [0, 0.05) is 39.1 Å². The van der Waals surface area contributed by atoms with Crippen LogP contribution in [0.15, 0.2) is 23.7 Å². The van der Waals surface area contributed by atoms with Gasteiger partial charge in [-0.1, -0.05) is 6.92 Å². The van der Waals surface area contributed by atoms with E-state index in [0.29, 0.717) is 12.0 Å². The maximum absolute atomic E-state index is 4.35. The van der Waals surface area contributed by atoms with Crippen LogP contribution in [0, 0.1) is 5.92 Å². The summed E-state index contributed by atoms with van der Waals surface area (Å²) in [6, 6.07) is 0.483. The van der Waals surface area contributed by atoms with E-state index in [9.17, 15) is 0 Å². The van der Waals surface area contributed by atoms with Crippen molar-refractivity contribution >= 4 is 5.96 Å². The molecule has 100 valence electrons. The molecule has 1 saturated heterocycles. The smallest absolute Gasteiger partial charge is 0.193 e. The Morgan fingerprint density at radius 1 is 1.56 bits per heavy atom. The van der Waals surface area contributed by atoms with E-state index in [1.807, 2.05) is 19.6 Å². The first-order valence-corrected chi connectivity index (χ1v) is 6.69. The van der Waals surface area contributed by atoms with Crippen molar-refractivity contribution in [3.8, 4) is 0 Å². The SMILES string of the molecule is CCNC(=NC)N1CCC(C)C(n2ccnc2)C1. The highest BCUT2D eigenvalue weighted by molar-refractivity contribution is 5.79. The molecule has 2 heterocycles. The Balaban J connectivity index is 2.09. The molecule has 1 N–H and O–H groups in total. The summed E-state index contributed by atoms with van der Waals surface area (Å²) in [6.45, 7) is 7.40. The summed E-state index contributed by atoms with van der Waals surface area (Å²) in [5.41, 5.74) is 0. The zero-order chi connectivity index (χ0) is 13.0. The van der Waals surface area contributed by atoms with Gasteiger partial charge in [0.05, 0.1) is 12.4 Å². The lowest BCUT2D eigenvalue weighted by atomic mass is 9.93. The van der Waals surface area contributed by atoms with Crippen LogP contribution in [0.1, 0.15) is 26.3 Å². The van der Waals surface area contributed by atoms with Crippen LogP contribution in [0.5, 0.6) is 0 Å². The summed E-state index contributed by atoms with van der Waals surface area (Å²) >= 11 is 0. The molecule has 1 aliphatic heterocycles. The van der Waals surface area contributed by atoms with Gasteiger partial charge in [-0.25, -0.2) is 4.98 Å². The highest BCUT2D eigenvalue weighted by Gasteiger charge is 2.28. The van der Waals surface area contributed by atoms with Crippen molar-refractivity contribution in [2.45, 2.75) is 26.3 Å². The molecule has 0 amide bonds. The van der Waals surface area contributed by atoms with E-state index in [1.54, 1.807) is 0 Å². The van der Waals surface area contributed by atoms with Crippen LogP contribution >= 0.6 is 0 Å². The fourth-order valence-electron chi connectivity index (χ4n) is 2.59. The van der Waals surface area contributed by atoms with Gasteiger partial charge in [-0.3, -0.25) is 4.99 Å². The Labute approximate surface area is 109 Å². The van der Waals surface area contributed by atoms with Crippen molar-refractivity contribution in [3.05, 3.63) is 18.7 Å². The van der Waals surface area contributed by atoms with Crippen LogP contribution in [0.2, 0.25) is 0 Å². The lowest BCUT2D eigenvalue weighted by molar-refractivity contribution is 0.189. The minimum absolute atomic E-state index is 0.483. The van der Waals surface area contributed by atoms with Gasteiger partial charge in [-0.15, -0.1) is 0 Å². The van der Waals surface area contributed by atoms with E-state index in [1.165, 1.54) is 6.42 Å². The van der Waals surface area contributed by atoms with Crippen molar-refractivity contribution < 1.29 is 0 Å². The fraction of sp³-hybridized carbons (Fsp3) is 0.692. The number of rotatable bonds is 2. The van der Waals surface area contributed by atoms with E-state index in [0.717, 1.165) is 25.6 Å². The molecule has 5 heteroatoms. The van der Waals surface area contributed by atoms with Crippen LogP contribution in [0.25, 0.3) is 0 Å². The summed E-state index contributed by atoms with van der Waals surface area (Å²) in [5, 5.41) is 3.33. The van der Waals surface area contributed by atoms with Crippen molar-refractivity contribution in [1.29, 1.82) is 0 Å². The van der Waals surface area contributed by atoms with Gasteiger partial charge in [-0.2, -0.15) is 0 Å². The van der Waals surface area contributed by atoms with Crippen molar-refractivity contribution in [2.75, 3.05) is 26.7 Å². The minimum atomic E-state index is 0.483. The van der Waals surface area contributed by atoms with Gasteiger partial charge >= 0.3 is 0 Å². The zero-order valence-corrected chi connectivity index (χ0v) is 11.5. The average molecular weight is 249 g/mol. The third-order valence-electron chi connectivity index (χ3n) is 3.67. The number of aromatic nitrogens is 2. The predicted molar refractivity (Wildman–Crippen MR) is 73.7 cm³/mol. The molecule has 0 radical (unpaired) electrons. The second-order valence-corrected chi connectivity index (χ2v) is 4.87. The van der Waals surface area contributed by atoms with E-state index in [4.69, 9.17) is 0 Å². The Morgan fingerprint density at radius 3 is 3.00 bits per heavy atom. The van der Waals surface area contributed by atoms with E-state index in [2.05, 4.69) is 44.8 Å². The molecule has 5 nitrogen and oxygen atoms in total. The van der Waals surface area contributed by atoms with E-state index < -0.39 is 0 Å². The molecular formula is C13H23N5. The monoisotopic (exact) mass is 249 g/mol. The van der Waals surface area contributed by atoms with Crippen LogP contribution in [-0.2, 0) is 0 Å². The van der Waals surface area contributed by atoms with Gasteiger partial charge in [0.2, 0.25) is 0 Å². The van der Waals surface area contributed by atoms with E-state index in [-0.39, 0.29) is 0 Å². The molecule has 1 fully saturated rings. The average Bonchev–Trinajstić information content (AvgIpc) is 2.90. The number of guanidine groups is 1. The van der Waals surface area contributed by atoms with E-state index >= 15 is 0 Å². The highest BCUT2D eigenvalue weighted by Crippen LogP contribution is 2.27. The number of piperidine rings is 1. The molecule has 0 bridgehead atoms. The first kappa shape index (κ1) is 12.9. The Kier molecular flexibility index (Phi) is 4.23. The first-order valence-electron chi connectivity index (χ1n) is 6.69. The summed E-state index contributed by atoms with van der Waals surface area (Å²) < 4.78 is 2.22. The molecule has 2 rings (SSSR count). The molecule has 2 unspecified atom stereocenters. The van der Waals surface area contributed by atoms with Crippen molar-refractivity contribution in [1.82, 2.24) is 19.8 Å². The number of imidazole rings is 1. The topological polar surface area (TPSA) is 45.5 Å². The quantitative estimate of drug-likeness (QED) is 0.636. The van der Waals surface area contributed by atoms with Crippen LogP contribution in [0.3, 0.4) is 0 Å². The number of nitrogens with one attached hydrogen (secondary N) is 1. The van der Waals surface area contributed by atoms with Crippen LogP contribution in [-0.4, -0.2) is 47.1 Å². The molecule has 0 aromatic carbocycles. The second kappa shape index (κ2) is 5.89. The maximum Gasteiger partial charge on any atom is 0.193 e. The summed E-state index contributed by atoms with van der Waals surface area (Å²) in [6.07, 6.45) is 7.01. The number of nitrogens with zero attached hydrogens (tertiary/aromatic N) is 4. The number of hydrogen-bond donors (Lipinski definition) is 1. The molecule has 0 aliphatic carbocycles. The van der Waals surface area contributed by atoms with Gasteiger partial charge < -0.3 is 14.8 Å². The third kappa shape index (κ3) is 2.66. The largest absolute Gasteiger partial charge is 0.357 e. The van der Waals surface area contributed by atoms with Gasteiger partial charge in [0.15, 0.2) is 5.96 Å². The minimum Gasteiger partial charge on any atom is -0.357 e. The first-order chi connectivity index (χ1) is 8.76. The van der Waals surface area contributed by atoms with Crippen LogP contribution < -0.4 is 5.32 Å². The van der Waals surface area contributed by atoms with Crippen LogP contribution in [0.4, 0.5) is 0 Å². The molecule has 1 aliphatic rings. The summed E-state index contributed by atoms with van der Waals surface area (Å²) in [4.78, 5) is 10.8. The van der Waals surface area contributed by atoms with Gasteiger partial charge in [0.1, 0.15) is 0 Å². The second-order valence-electron chi connectivity index (χ2n) is 4.87. The number of aliphatic imine (C=N–C) groups is 1. The molecular weight excluding hydrogens is 226 g/mol. The van der Waals surface area contributed by atoms with Gasteiger partial charge in [0.25, 0.3) is 0 Å². The standard InChI is InChI=1S/C13H23N5/c1-4-16-13(14-3)17-7-5-11(2)12(9-17)18-8-6-15-10-18/h6,8,10-12H,4-5,7,9H2,1-3H3,(H,14,16). The number of likely N-dealkylation sites (tertiary alicyclic amines) is 1. The molecule has 1 aromatic rings. The molecule has 0 spiro atoms. The fourth-order valence-corrected chi connectivity index (χ4v) is 2.59. The predicted octanol–water partition coefficient (Wildman–Crippen LogP) is 1.36. The Hall–Kier alpha value is -1.52. The maximum atomic E-state index is 4.35. The van der Waals surface area contributed by atoms with Crippen molar-refractivity contribution in [2.24, 2.45) is 10.9 Å². The van der Waals surface area contributed by atoms with Crippen molar-refractivity contribution in [3.63, 3.8) is 0 Å². The Bertz CT molecular complexity index is 384. The zero-order valence-electron chi connectivity index (χ0n) is 11.5. The summed E-state index contributed by atoms with van der Waals surface area (Å²) in [5.74, 6) is 1.68. The third-order valence-corrected chi connectivity index (χ3v) is 3.67. The Morgan fingerprint density at radius 2 is 2.39 bits per heavy atom. The number of hydrogen-bond acceptors (Lipinski definition) is 2. The molecule has 0 saturated carbocycles. The van der Waals surface area contributed by atoms with Gasteiger partial charge in [-0.05, 0) is 19.3 Å². The molecule has 2 atom stereocenters.